The first-order valence-electron chi connectivity index (χ1n) is 7.79. The van der Waals surface area contributed by atoms with Gasteiger partial charge in [0.2, 0.25) is 0 Å². The van der Waals surface area contributed by atoms with Gasteiger partial charge in [0.05, 0.1) is 5.39 Å². The van der Waals surface area contributed by atoms with E-state index in [1.165, 1.54) is 4.68 Å². The van der Waals surface area contributed by atoms with Crippen LogP contribution in [0.5, 0.6) is 0 Å². The molecule has 0 aliphatic heterocycles. The largest absolute Gasteiger partial charge is 0.304 e. The Bertz CT molecular complexity index is 955. The van der Waals surface area contributed by atoms with E-state index in [4.69, 9.17) is 0 Å². The minimum Gasteiger partial charge on any atom is -0.304 e. The molecule has 0 fully saturated rings. The topological polar surface area (TPSA) is 92.7 Å². The van der Waals surface area contributed by atoms with Crippen LogP contribution in [0.25, 0.3) is 10.8 Å². The summed E-state index contributed by atoms with van der Waals surface area (Å²) < 4.78 is 1.36. The highest BCUT2D eigenvalue weighted by Crippen LogP contribution is 2.15. The molecule has 7 heteroatoms. The summed E-state index contributed by atoms with van der Waals surface area (Å²) in [5, 5.41) is 14.8. The van der Waals surface area contributed by atoms with Gasteiger partial charge in [-0.1, -0.05) is 32.0 Å². The smallest absolute Gasteiger partial charge is 0.277 e. The number of nitrogens with one attached hydrogen (secondary N) is 2. The van der Waals surface area contributed by atoms with Crippen LogP contribution in [0.15, 0.2) is 35.1 Å². The van der Waals surface area contributed by atoms with Crippen molar-refractivity contribution in [2.24, 2.45) is 5.92 Å². The van der Waals surface area contributed by atoms with Gasteiger partial charge in [-0.2, -0.15) is 10.2 Å². The number of benzene rings is 1. The normalized spacial score (nSPS) is 11.2. The maximum absolute atomic E-state index is 12.6. The predicted octanol–water partition coefficient (Wildman–Crippen LogP) is 2.34. The van der Waals surface area contributed by atoms with Crippen molar-refractivity contribution < 1.29 is 4.79 Å². The molecule has 0 radical (unpaired) electrons. The summed E-state index contributed by atoms with van der Waals surface area (Å²) in [6, 6.07) is 8.73. The quantitative estimate of drug-likeness (QED) is 0.770. The molecular formula is C17H19N5O2. The average molecular weight is 325 g/mol. The molecule has 2 N–H and O–H groups in total. The van der Waals surface area contributed by atoms with Gasteiger partial charge in [0.25, 0.3) is 11.5 Å². The molecule has 0 saturated heterocycles. The second kappa shape index (κ2) is 6.27. The fraction of sp³-hybridized carbons (Fsp3) is 0.294. The Morgan fingerprint density at radius 3 is 2.62 bits per heavy atom. The summed E-state index contributed by atoms with van der Waals surface area (Å²) in [6.07, 6.45) is 0. The van der Waals surface area contributed by atoms with Crippen molar-refractivity contribution >= 4 is 22.5 Å². The predicted molar refractivity (Wildman–Crippen MR) is 92.1 cm³/mol. The number of nitrogens with zero attached hydrogens (tertiary/aromatic N) is 3. The molecule has 0 unspecified atom stereocenters. The molecule has 0 spiro atoms. The van der Waals surface area contributed by atoms with E-state index in [0.717, 1.165) is 5.69 Å². The second-order valence-corrected chi connectivity index (χ2v) is 6.17. The fourth-order valence-electron chi connectivity index (χ4n) is 2.53. The summed E-state index contributed by atoms with van der Waals surface area (Å²) in [4.78, 5) is 25.2. The second-order valence-electron chi connectivity index (χ2n) is 6.17. The first kappa shape index (κ1) is 15.9. The number of carbonyl (C=O) groups is 1. The van der Waals surface area contributed by atoms with Crippen LogP contribution >= 0.6 is 0 Å². The van der Waals surface area contributed by atoms with Gasteiger partial charge in [0.15, 0.2) is 11.5 Å². The van der Waals surface area contributed by atoms with Gasteiger partial charge in [-0.15, -0.1) is 0 Å². The van der Waals surface area contributed by atoms with E-state index in [1.54, 1.807) is 30.3 Å². The summed E-state index contributed by atoms with van der Waals surface area (Å²) in [6.45, 7) is 6.29. The third kappa shape index (κ3) is 3.05. The van der Waals surface area contributed by atoms with Gasteiger partial charge >= 0.3 is 0 Å². The molecule has 1 amide bonds. The molecule has 0 bridgehead atoms. The molecule has 2 heterocycles. The van der Waals surface area contributed by atoms with Crippen LogP contribution in [-0.4, -0.2) is 25.9 Å². The van der Waals surface area contributed by atoms with Gasteiger partial charge in [-0.25, -0.2) is 4.68 Å². The van der Waals surface area contributed by atoms with Crippen LogP contribution in [0.4, 0.5) is 5.82 Å². The van der Waals surface area contributed by atoms with E-state index in [1.807, 2.05) is 20.8 Å². The maximum Gasteiger partial charge on any atom is 0.277 e. The van der Waals surface area contributed by atoms with Gasteiger partial charge in [-0.3, -0.25) is 14.7 Å². The van der Waals surface area contributed by atoms with Gasteiger partial charge in [0, 0.05) is 23.7 Å². The monoisotopic (exact) mass is 325 g/mol. The number of aromatic nitrogens is 4. The molecule has 2 aromatic heterocycles. The highest BCUT2D eigenvalue weighted by atomic mass is 16.2. The number of fused-ring (bicyclic) bond motifs is 1. The molecule has 124 valence electrons. The van der Waals surface area contributed by atoms with E-state index >= 15 is 0 Å². The molecule has 0 aliphatic carbocycles. The third-order valence-electron chi connectivity index (χ3n) is 3.57. The van der Waals surface area contributed by atoms with Crippen molar-refractivity contribution in [1.82, 2.24) is 20.0 Å². The number of rotatable bonds is 4. The Hall–Kier alpha value is -2.96. The van der Waals surface area contributed by atoms with Gasteiger partial charge in [-0.05, 0) is 18.9 Å². The van der Waals surface area contributed by atoms with Crippen LogP contribution in [0.3, 0.4) is 0 Å². The lowest BCUT2D eigenvalue weighted by Gasteiger charge is -2.12. The Labute approximate surface area is 138 Å². The van der Waals surface area contributed by atoms with E-state index in [9.17, 15) is 9.59 Å². The van der Waals surface area contributed by atoms with Crippen molar-refractivity contribution in [3.05, 3.63) is 52.1 Å². The summed E-state index contributed by atoms with van der Waals surface area (Å²) in [7, 11) is 0. The molecule has 0 aliphatic rings. The van der Waals surface area contributed by atoms with Crippen LogP contribution in [0.2, 0.25) is 0 Å². The number of aryl methyl sites for hydroxylation is 1. The Balaban J connectivity index is 2.10. The van der Waals surface area contributed by atoms with E-state index in [-0.39, 0.29) is 17.2 Å². The number of amides is 1. The number of H-pyrrole nitrogens is 1. The molecule has 7 nitrogen and oxygen atoms in total. The lowest BCUT2D eigenvalue weighted by molar-refractivity contribution is 0.102. The molecule has 1 aromatic carbocycles. The molecular weight excluding hydrogens is 306 g/mol. The number of carbonyl (C=O) groups excluding carboxylic acids is 1. The lowest BCUT2D eigenvalue weighted by atomic mass is 10.1. The van der Waals surface area contributed by atoms with Crippen molar-refractivity contribution in [2.75, 3.05) is 5.32 Å². The number of aromatic amines is 1. The Kier molecular flexibility index (Phi) is 4.16. The first-order valence-corrected chi connectivity index (χ1v) is 7.79. The van der Waals surface area contributed by atoms with Crippen LogP contribution in [0, 0.1) is 12.8 Å². The lowest BCUT2D eigenvalue weighted by Crippen LogP contribution is -2.29. The van der Waals surface area contributed by atoms with E-state index < -0.39 is 5.91 Å². The van der Waals surface area contributed by atoms with Crippen LogP contribution < -0.4 is 10.9 Å². The van der Waals surface area contributed by atoms with E-state index in [0.29, 0.717) is 23.1 Å². The first-order chi connectivity index (χ1) is 11.5. The summed E-state index contributed by atoms with van der Waals surface area (Å²) in [5.41, 5.74) is 0.867. The zero-order valence-electron chi connectivity index (χ0n) is 13.8. The summed E-state index contributed by atoms with van der Waals surface area (Å²) in [5.74, 6) is 0.265. The molecule has 0 atom stereocenters. The molecule has 3 rings (SSSR count). The van der Waals surface area contributed by atoms with Crippen molar-refractivity contribution in [2.45, 2.75) is 27.3 Å². The average Bonchev–Trinajstić information content (AvgIpc) is 2.94. The Morgan fingerprint density at radius 1 is 1.29 bits per heavy atom. The van der Waals surface area contributed by atoms with E-state index in [2.05, 4.69) is 20.6 Å². The van der Waals surface area contributed by atoms with Crippen molar-refractivity contribution in [3.63, 3.8) is 0 Å². The zero-order chi connectivity index (χ0) is 17.3. The standard InChI is InChI=1S/C17H19N5O2/c1-10(2)9-22-17(24)13-7-5-4-6-12(13)15(21-22)16(23)18-14-8-11(3)19-20-14/h4-8,10H,9H2,1-3H3,(H2,18,19,20,23). The third-order valence-corrected chi connectivity index (χ3v) is 3.57. The highest BCUT2D eigenvalue weighted by Gasteiger charge is 2.18. The minimum absolute atomic E-state index is 0.188. The highest BCUT2D eigenvalue weighted by molar-refractivity contribution is 6.10. The van der Waals surface area contributed by atoms with Crippen molar-refractivity contribution in [3.8, 4) is 0 Å². The van der Waals surface area contributed by atoms with Crippen LogP contribution in [-0.2, 0) is 6.54 Å². The van der Waals surface area contributed by atoms with Gasteiger partial charge < -0.3 is 5.32 Å². The maximum atomic E-state index is 12.6. The minimum atomic E-state index is -0.393. The Morgan fingerprint density at radius 2 is 2.00 bits per heavy atom. The SMILES string of the molecule is Cc1cc(NC(=O)c2nn(CC(C)C)c(=O)c3ccccc23)n[nH]1. The zero-order valence-corrected chi connectivity index (χ0v) is 13.8. The van der Waals surface area contributed by atoms with Crippen molar-refractivity contribution in [1.29, 1.82) is 0 Å². The molecule has 3 aromatic rings. The number of hydrogen-bond donors (Lipinski definition) is 2. The van der Waals surface area contributed by atoms with Gasteiger partial charge in [0.1, 0.15) is 0 Å². The number of hydrogen-bond acceptors (Lipinski definition) is 4. The molecule has 0 saturated carbocycles. The summed E-state index contributed by atoms with van der Waals surface area (Å²) >= 11 is 0. The molecule has 24 heavy (non-hydrogen) atoms. The van der Waals surface area contributed by atoms with Crippen LogP contribution in [0.1, 0.15) is 30.0 Å². The number of anilines is 1. The fourth-order valence-corrected chi connectivity index (χ4v) is 2.53.